The summed E-state index contributed by atoms with van der Waals surface area (Å²) in [6.07, 6.45) is 13.3. The van der Waals surface area contributed by atoms with E-state index in [0.29, 0.717) is 45.5 Å². The maximum Gasteiger partial charge on any atom is 0.339 e. The van der Waals surface area contributed by atoms with Crippen LogP contribution in [-0.2, 0) is 0 Å². The Balaban J connectivity index is 0.000000234. The smallest absolute Gasteiger partial charge is 0.339 e. The van der Waals surface area contributed by atoms with Crippen molar-refractivity contribution in [3.8, 4) is 76.1 Å². The fourth-order valence-corrected chi connectivity index (χ4v) is 4.83. The van der Waals surface area contributed by atoms with E-state index in [0.717, 1.165) is 6.07 Å². The molecule has 59 heavy (non-hydrogen) atoms. The molecule has 20 heteroatoms. The molecule has 0 fully saturated rings. The standard InChI is InChI=1S/C23H15N7O6.C9H5N.C7H5N3O3/c31-20-8-12(4-6-14(20)22(33)34)29-10-18(25-27-29)16-2-1-3-17(24-16)19-11-30(28-26-19)13-5-7-15(23(35)36)21(32)9-13;1-3-8-6-5-7-9(4-2)10-8;8-10-9-4-1-2-5(7(12)13)6(11)3-4/h1-11,31-32H,(H,33,34)(H,35,36);1-2,5-7H;1-3,11H,(H,12,13). The molecule has 0 radical (unpaired) electrons. The van der Waals surface area contributed by atoms with Crippen molar-refractivity contribution in [3.05, 3.63) is 142 Å². The normalized spacial score (nSPS) is 9.93. The van der Waals surface area contributed by atoms with Gasteiger partial charge in [-0.3, -0.25) is 0 Å². The summed E-state index contributed by atoms with van der Waals surface area (Å²) >= 11 is 0. The second kappa shape index (κ2) is 18.2. The molecule has 0 aliphatic carbocycles. The number of carboxylic acid groups (broad SMARTS) is 3. The van der Waals surface area contributed by atoms with Crippen molar-refractivity contribution in [1.82, 2.24) is 40.0 Å². The monoisotopic (exact) mass is 791 g/mol. The molecule has 7 rings (SSSR count). The molecule has 0 saturated heterocycles. The number of aromatic carboxylic acids is 3. The number of hydrogen-bond acceptors (Lipinski definition) is 13. The molecule has 0 spiro atoms. The Labute approximate surface area is 331 Å². The van der Waals surface area contributed by atoms with Gasteiger partial charge < -0.3 is 30.6 Å². The molecular formula is C39H25N11O9. The Morgan fingerprint density at radius 3 is 1.41 bits per heavy atom. The van der Waals surface area contributed by atoms with Crippen molar-refractivity contribution in [3.63, 3.8) is 0 Å². The van der Waals surface area contributed by atoms with Crippen LogP contribution in [0.15, 0.2) is 109 Å². The van der Waals surface area contributed by atoms with Crippen LogP contribution >= 0.6 is 0 Å². The zero-order valence-electron chi connectivity index (χ0n) is 29.8. The number of hydrogen-bond donors (Lipinski definition) is 6. The highest BCUT2D eigenvalue weighted by molar-refractivity contribution is 5.92. The maximum atomic E-state index is 11.1. The lowest BCUT2D eigenvalue weighted by molar-refractivity contribution is 0.0682. The molecule has 0 aliphatic heterocycles. The van der Waals surface area contributed by atoms with Crippen LogP contribution in [0.25, 0.3) is 44.6 Å². The van der Waals surface area contributed by atoms with Crippen LogP contribution in [0.2, 0.25) is 0 Å². The quantitative estimate of drug-likeness (QED) is 0.0482. The molecular weight excluding hydrogens is 766 g/mol. The lowest BCUT2D eigenvalue weighted by atomic mass is 10.2. The molecule has 6 N–H and O–H groups in total. The SMILES string of the molecule is C#Cc1cccc(C#C)n1.O=C(O)c1ccc(-n2cc(-c3cccc(-c4cn(-c5ccc(C(=O)O)c(O)c5)nn4)n3)nn2)cc1O.[N-]=[N+]=Nc1ccc(C(=O)O)c(O)c1. The van der Waals surface area contributed by atoms with Gasteiger partial charge in [-0.15, -0.1) is 23.0 Å². The number of rotatable bonds is 8. The average molecular weight is 792 g/mol. The van der Waals surface area contributed by atoms with Gasteiger partial charge >= 0.3 is 17.9 Å². The van der Waals surface area contributed by atoms with Crippen LogP contribution in [0.5, 0.6) is 17.2 Å². The lowest BCUT2D eigenvalue weighted by Gasteiger charge is -2.03. The highest BCUT2D eigenvalue weighted by atomic mass is 16.4. The van der Waals surface area contributed by atoms with Gasteiger partial charge in [0.25, 0.3) is 0 Å². The summed E-state index contributed by atoms with van der Waals surface area (Å²) < 4.78 is 2.75. The van der Waals surface area contributed by atoms with E-state index in [4.69, 9.17) is 38.8 Å². The number of benzene rings is 3. The Kier molecular flexibility index (Phi) is 12.5. The van der Waals surface area contributed by atoms with E-state index in [1.807, 2.05) is 0 Å². The van der Waals surface area contributed by atoms with E-state index < -0.39 is 35.2 Å². The molecule has 4 aromatic heterocycles. The van der Waals surface area contributed by atoms with Crippen LogP contribution in [0.4, 0.5) is 5.69 Å². The minimum absolute atomic E-state index is 0.171. The van der Waals surface area contributed by atoms with Gasteiger partial charge in [-0.05, 0) is 66.2 Å². The fourth-order valence-electron chi connectivity index (χ4n) is 4.83. The number of aromatic nitrogens is 8. The Hall–Kier alpha value is -9.52. The first kappa shape index (κ1) is 40.7. The zero-order valence-corrected chi connectivity index (χ0v) is 29.8. The molecule has 20 nitrogen and oxygen atoms in total. The van der Waals surface area contributed by atoms with E-state index >= 15 is 0 Å². The van der Waals surface area contributed by atoms with Crippen LogP contribution in [0, 0.1) is 24.7 Å². The summed E-state index contributed by atoms with van der Waals surface area (Å²) in [4.78, 5) is 43.6. The van der Waals surface area contributed by atoms with Crippen LogP contribution in [0.1, 0.15) is 42.5 Å². The van der Waals surface area contributed by atoms with Gasteiger partial charge in [0, 0.05) is 22.7 Å². The second-order valence-corrected chi connectivity index (χ2v) is 11.4. The number of aromatic hydroxyl groups is 3. The molecule has 0 saturated carbocycles. The number of carbonyl (C=O) groups is 3. The van der Waals surface area contributed by atoms with Crippen molar-refractivity contribution in [2.24, 2.45) is 5.11 Å². The van der Waals surface area contributed by atoms with Crippen molar-refractivity contribution < 1.29 is 45.0 Å². The molecule has 4 heterocycles. The number of carboxylic acids is 3. The van der Waals surface area contributed by atoms with Crippen molar-refractivity contribution in [2.75, 3.05) is 0 Å². The van der Waals surface area contributed by atoms with E-state index in [1.165, 1.54) is 57.9 Å². The van der Waals surface area contributed by atoms with Crippen LogP contribution < -0.4 is 0 Å². The topological polar surface area (TPSA) is 309 Å². The van der Waals surface area contributed by atoms with Gasteiger partial charge in [-0.2, -0.15) is 0 Å². The van der Waals surface area contributed by atoms with Crippen molar-refractivity contribution in [1.29, 1.82) is 0 Å². The third-order valence-electron chi connectivity index (χ3n) is 7.63. The van der Waals surface area contributed by atoms with Gasteiger partial charge in [0.15, 0.2) is 0 Å². The minimum atomic E-state index is -1.25. The second-order valence-electron chi connectivity index (χ2n) is 11.4. The Morgan fingerprint density at radius 1 is 0.593 bits per heavy atom. The summed E-state index contributed by atoms with van der Waals surface area (Å²) in [5.74, 6) is -0.145. The summed E-state index contributed by atoms with van der Waals surface area (Å²) in [5.41, 5.74) is 11.3. The zero-order chi connectivity index (χ0) is 42.6. The number of azide groups is 1. The van der Waals surface area contributed by atoms with Gasteiger partial charge in [0.1, 0.15) is 56.7 Å². The van der Waals surface area contributed by atoms with E-state index in [1.54, 1.807) is 48.8 Å². The summed E-state index contributed by atoms with van der Waals surface area (Å²) in [5, 5.41) is 75.1. The molecule has 0 unspecified atom stereocenters. The Morgan fingerprint density at radius 2 is 1.02 bits per heavy atom. The van der Waals surface area contributed by atoms with Crippen molar-refractivity contribution in [2.45, 2.75) is 0 Å². The van der Waals surface area contributed by atoms with Crippen LogP contribution in [0.3, 0.4) is 0 Å². The number of terminal acetylenes is 2. The Bertz CT molecular complexity index is 2720. The molecule has 3 aromatic carbocycles. The third kappa shape index (κ3) is 9.97. The van der Waals surface area contributed by atoms with Gasteiger partial charge in [0.2, 0.25) is 0 Å². The molecule has 0 amide bonds. The van der Waals surface area contributed by atoms with Gasteiger partial charge in [-0.25, -0.2) is 33.7 Å². The van der Waals surface area contributed by atoms with Crippen LogP contribution in [-0.4, -0.2) is 88.5 Å². The predicted molar refractivity (Wildman–Crippen MR) is 206 cm³/mol. The predicted octanol–water partition coefficient (Wildman–Crippen LogP) is 5.46. The molecule has 0 bridgehead atoms. The number of pyridine rings is 2. The summed E-state index contributed by atoms with van der Waals surface area (Å²) in [7, 11) is 0. The first-order chi connectivity index (χ1) is 28.3. The van der Waals surface area contributed by atoms with Crippen molar-refractivity contribution >= 4 is 23.6 Å². The third-order valence-corrected chi connectivity index (χ3v) is 7.63. The first-order valence-corrected chi connectivity index (χ1v) is 16.3. The number of phenols is 3. The van der Waals surface area contributed by atoms with E-state index in [-0.39, 0.29) is 22.4 Å². The highest BCUT2D eigenvalue weighted by Crippen LogP contribution is 2.26. The molecule has 7 aromatic rings. The molecule has 0 aliphatic rings. The van der Waals surface area contributed by atoms with E-state index in [2.05, 4.69) is 52.5 Å². The largest absolute Gasteiger partial charge is 0.507 e. The fraction of sp³-hybridized carbons (Fsp3) is 0. The molecule has 0 atom stereocenters. The summed E-state index contributed by atoms with van der Waals surface area (Å²) in [6, 6.07) is 22.1. The first-order valence-electron chi connectivity index (χ1n) is 16.3. The average Bonchev–Trinajstić information content (AvgIpc) is 3.93. The molecule has 290 valence electrons. The minimum Gasteiger partial charge on any atom is -0.507 e. The lowest BCUT2D eigenvalue weighted by Crippen LogP contribution is -2.00. The van der Waals surface area contributed by atoms with E-state index in [9.17, 15) is 24.6 Å². The van der Waals surface area contributed by atoms with Gasteiger partial charge in [-0.1, -0.05) is 45.6 Å². The summed E-state index contributed by atoms with van der Waals surface area (Å²) in [6.45, 7) is 0. The number of nitrogens with zero attached hydrogens (tertiary/aromatic N) is 11. The maximum absolute atomic E-state index is 11.1. The van der Waals surface area contributed by atoms with Gasteiger partial charge in [0.05, 0.1) is 35.2 Å². The highest BCUT2D eigenvalue weighted by Gasteiger charge is 2.15.